The van der Waals surface area contributed by atoms with Gasteiger partial charge in [0, 0.05) is 31.8 Å². The molecule has 6 nitrogen and oxygen atoms in total. The zero-order valence-corrected chi connectivity index (χ0v) is 14.4. The van der Waals surface area contributed by atoms with Crippen LogP contribution in [0.5, 0.6) is 0 Å². The average Bonchev–Trinajstić information content (AvgIpc) is 2.92. The van der Waals surface area contributed by atoms with E-state index in [-0.39, 0.29) is 17.8 Å². The Labute approximate surface area is 146 Å². The highest BCUT2D eigenvalue weighted by Gasteiger charge is 2.57. The molecule has 6 unspecified atom stereocenters. The summed E-state index contributed by atoms with van der Waals surface area (Å²) in [5.74, 6) is -2.02. The Bertz CT molecular complexity index is 690. The van der Waals surface area contributed by atoms with Crippen molar-refractivity contribution in [2.75, 3.05) is 0 Å². The molecule has 134 valence electrons. The topological polar surface area (TPSA) is 78.9 Å². The van der Waals surface area contributed by atoms with Crippen LogP contribution in [0.2, 0.25) is 0 Å². The molecule has 0 aromatic heterocycles. The summed E-state index contributed by atoms with van der Waals surface area (Å²) in [6.45, 7) is 14.8. The van der Waals surface area contributed by atoms with Crippen LogP contribution in [0.4, 0.5) is 0 Å². The molecule has 1 saturated heterocycles. The van der Waals surface area contributed by atoms with E-state index in [1.807, 2.05) is 0 Å². The molecule has 1 heterocycles. The fourth-order valence-corrected chi connectivity index (χ4v) is 4.39. The number of fused-ring (bicyclic) bond motifs is 3. The lowest BCUT2D eigenvalue weighted by molar-refractivity contribution is -0.150. The second-order valence-electron chi connectivity index (χ2n) is 6.97. The summed E-state index contributed by atoms with van der Waals surface area (Å²) in [5, 5.41) is 0. The molecular formula is C19H22O6. The van der Waals surface area contributed by atoms with E-state index >= 15 is 0 Å². The molecule has 3 fully saturated rings. The van der Waals surface area contributed by atoms with Gasteiger partial charge in [-0.05, 0) is 17.9 Å². The zero-order valence-electron chi connectivity index (χ0n) is 14.4. The molecule has 0 N–H and O–H groups in total. The third-order valence-electron chi connectivity index (χ3n) is 5.37. The van der Waals surface area contributed by atoms with Crippen molar-refractivity contribution in [3.05, 3.63) is 36.5 Å². The minimum atomic E-state index is -0.542. The first-order chi connectivity index (χ1) is 11.7. The van der Waals surface area contributed by atoms with Crippen LogP contribution in [0.1, 0.15) is 26.7 Å². The van der Waals surface area contributed by atoms with Gasteiger partial charge in [0.05, 0.1) is 5.92 Å². The molecule has 0 radical (unpaired) electrons. The lowest BCUT2D eigenvalue weighted by Gasteiger charge is -2.28. The molecule has 6 heteroatoms. The van der Waals surface area contributed by atoms with Crippen molar-refractivity contribution in [3.8, 4) is 0 Å². The summed E-state index contributed by atoms with van der Waals surface area (Å²) in [5.41, 5.74) is 1.89. The fourth-order valence-electron chi connectivity index (χ4n) is 4.39. The molecular weight excluding hydrogens is 324 g/mol. The summed E-state index contributed by atoms with van der Waals surface area (Å²) in [6, 6.07) is 0. The predicted molar refractivity (Wildman–Crippen MR) is 88.1 cm³/mol. The number of hydrogen-bond acceptors (Lipinski definition) is 6. The first-order valence-electron chi connectivity index (χ1n) is 8.31. The molecule has 2 aliphatic carbocycles. The van der Waals surface area contributed by atoms with Gasteiger partial charge in [-0.2, -0.15) is 0 Å². The molecule has 0 bridgehead atoms. The maximum absolute atomic E-state index is 12.1. The van der Waals surface area contributed by atoms with Crippen LogP contribution in [0.25, 0.3) is 0 Å². The first-order valence-corrected chi connectivity index (χ1v) is 8.31. The highest BCUT2D eigenvalue weighted by atomic mass is 16.6. The van der Waals surface area contributed by atoms with E-state index in [9.17, 15) is 14.4 Å². The summed E-state index contributed by atoms with van der Waals surface area (Å²) in [4.78, 5) is 35.0. The van der Waals surface area contributed by atoms with Crippen molar-refractivity contribution in [3.63, 3.8) is 0 Å². The van der Waals surface area contributed by atoms with Crippen LogP contribution in [0.3, 0.4) is 0 Å². The van der Waals surface area contributed by atoms with Crippen LogP contribution in [0.15, 0.2) is 36.5 Å². The number of carbonyl (C=O) groups excluding carboxylic acids is 3. The smallest absolute Gasteiger partial charge is 0.334 e. The monoisotopic (exact) mass is 346 g/mol. The van der Waals surface area contributed by atoms with Crippen LogP contribution < -0.4 is 0 Å². The number of hydrogen-bond donors (Lipinski definition) is 0. The van der Waals surface area contributed by atoms with Gasteiger partial charge in [-0.3, -0.25) is 9.59 Å². The molecule has 3 aliphatic rings. The Balaban J connectivity index is 1.98. The Morgan fingerprint density at radius 1 is 1.08 bits per heavy atom. The van der Waals surface area contributed by atoms with Gasteiger partial charge in [-0.25, -0.2) is 4.79 Å². The minimum Gasteiger partial charge on any atom is -0.461 e. The minimum absolute atomic E-state index is 0.0522. The molecule has 0 amide bonds. The maximum atomic E-state index is 12.1. The lowest BCUT2D eigenvalue weighted by Crippen LogP contribution is -2.36. The normalized spacial score (nSPS) is 37.0. The van der Waals surface area contributed by atoms with Gasteiger partial charge < -0.3 is 14.2 Å². The largest absolute Gasteiger partial charge is 0.461 e. The van der Waals surface area contributed by atoms with Gasteiger partial charge in [-0.15, -0.1) is 0 Å². The molecule has 3 rings (SSSR count). The molecule has 6 atom stereocenters. The molecule has 0 aromatic rings. The maximum Gasteiger partial charge on any atom is 0.334 e. The third-order valence-corrected chi connectivity index (χ3v) is 5.37. The number of carbonyl (C=O) groups is 3. The second-order valence-corrected chi connectivity index (χ2v) is 6.97. The van der Waals surface area contributed by atoms with E-state index in [1.54, 1.807) is 0 Å². The van der Waals surface area contributed by atoms with E-state index in [2.05, 4.69) is 19.7 Å². The van der Waals surface area contributed by atoms with Gasteiger partial charge in [0.25, 0.3) is 0 Å². The third kappa shape index (κ3) is 2.90. The average molecular weight is 346 g/mol. The number of rotatable bonds is 2. The van der Waals surface area contributed by atoms with Crippen LogP contribution in [-0.2, 0) is 28.6 Å². The Morgan fingerprint density at radius 3 is 2.32 bits per heavy atom. The summed E-state index contributed by atoms with van der Waals surface area (Å²) < 4.78 is 16.4. The van der Waals surface area contributed by atoms with Crippen LogP contribution >= 0.6 is 0 Å². The van der Waals surface area contributed by atoms with Crippen molar-refractivity contribution >= 4 is 17.9 Å². The zero-order chi connectivity index (χ0) is 18.5. The molecule has 1 aliphatic heterocycles. The quantitative estimate of drug-likeness (QED) is 0.330. The molecule has 2 saturated carbocycles. The fraction of sp³-hybridized carbons (Fsp3) is 0.526. The number of ether oxygens (including phenoxy) is 3. The van der Waals surface area contributed by atoms with E-state index in [1.165, 1.54) is 13.8 Å². The van der Waals surface area contributed by atoms with Crippen molar-refractivity contribution in [2.45, 2.75) is 45.0 Å². The highest BCUT2D eigenvalue weighted by Crippen LogP contribution is 2.53. The predicted octanol–water partition coefficient (Wildman–Crippen LogP) is 2.10. The number of esters is 3. The van der Waals surface area contributed by atoms with E-state index < -0.39 is 36.2 Å². The first kappa shape index (κ1) is 17.5. The van der Waals surface area contributed by atoms with Gasteiger partial charge in [-0.1, -0.05) is 25.3 Å². The van der Waals surface area contributed by atoms with Crippen molar-refractivity contribution in [2.24, 2.45) is 17.8 Å². The van der Waals surface area contributed by atoms with Gasteiger partial charge in [0.15, 0.2) is 0 Å². The second kappa shape index (κ2) is 6.17. The van der Waals surface area contributed by atoms with Gasteiger partial charge in [0.1, 0.15) is 18.3 Å². The van der Waals surface area contributed by atoms with Crippen molar-refractivity contribution in [1.29, 1.82) is 0 Å². The summed E-state index contributed by atoms with van der Waals surface area (Å²) in [7, 11) is 0. The van der Waals surface area contributed by atoms with E-state index in [4.69, 9.17) is 14.2 Å². The van der Waals surface area contributed by atoms with Gasteiger partial charge in [0.2, 0.25) is 0 Å². The van der Waals surface area contributed by atoms with Crippen LogP contribution in [-0.4, -0.2) is 36.2 Å². The standard InChI is InChI=1S/C19H22O6/c1-8-6-15(24-12(5)21)17-10(3)19(22)25-18(17)16-9(2)14(7-13(8)16)23-11(4)20/h13-18H,1-3,6-7H2,4-5H3. The molecule has 25 heavy (non-hydrogen) atoms. The Kier molecular flexibility index (Phi) is 4.31. The van der Waals surface area contributed by atoms with E-state index in [0.29, 0.717) is 24.0 Å². The summed E-state index contributed by atoms with van der Waals surface area (Å²) in [6.07, 6.45) is -0.552. The van der Waals surface area contributed by atoms with E-state index in [0.717, 1.165) is 5.57 Å². The molecule has 0 spiro atoms. The SMILES string of the molecule is C=C1CC(OC(C)=O)C2C(=C)C(=O)OC2C2C(=C)C(OC(C)=O)CC12. The summed E-state index contributed by atoms with van der Waals surface area (Å²) >= 11 is 0. The van der Waals surface area contributed by atoms with Crippen molar-refractivity contribution in [1.82, 2.24) is 0 Å². The van der Waals surface area contributed by atoms with Gasteiger partial charge >= 0.3 is 17.9 Å². The molecule has 0 aromatic carbocycles. The van der Waals surface area contributed by atoms with Crippen LogP contribution in [0, 0.1) is 17.8 Å². The lowest BCUT2D eigenvalue weighted by atomic mass is 9.81. The van der Waals surface area contributed by atoms with Crippen molar-refractivity contribution < 1.29 is 28.6 Å². The Morgan fingerprint density at radius 2 is 1.72 bits per heavy atom. The Hall–Kier alpha value is -2.37. The highest BCUT2D eigenvalue weighted by molar-refractivity contribution is 5.91.